The van der Waals surface area contributed by atoms with Gasteiger partial charge in [0.25, 0.3) is 0 Å². The number of carbonyl (C=O) groups is 1. The number of anilines is 1. The molecular formula is C15H16ClN5O2. The van der Waals surface area contributed by atoms with E-state index >= 15 is 0 Å². The summed E-state index contributed by atoms with van der Waals surface area (Å²) in [6.07, 6.45) is 3.91. The minimum atomic E-state index is -0.0880. The number of aliphatic imine (C=N–C) groups is 1. The molecule has 0 unspecified atom stereocenters. The maximum Gasteiger partial charge on any atom is 0.228 e. The summed E-state index contributed by atoms with van der Waals surface area (Å²) in [6, 6.07) is 6.92. The van der Waals surface area contributed by atoms with Gasteiger partial charge in [-0.05, 0) is 41.4 Å². The predicted octanol–water partition coefficient (Wildman–Crippen LogP) is 2.89. The van der Waals surface area contributed by atoms with Gasteiger partial charge in [-0.1, -0.05) is 30.5 Å². The van der Waals surface area contributed by atoms with E-state index in [1.54, 1.807) is 24.3 Å². The van der Waals surface area contributed by atoms with Crippen LogP contribution in [0.2, 0.25) is 5.02 Å². The maximum atomic E-state index is 12.2. The van der Waals surface area contributed by atoms with E-state index in [0.29, 0.717) is 10.7 Å². The zero-order valence-electron chi connectivity index (χ0n) is 12.3. The highest BCUT2D eigenvalue weighted by atomic mass is 35.5. The Morgan fingerprint density at radius 2 is 2.13 bits per heavy atom. The van der Waals surface area contributed by atoms with Gasteiger partial charge in [-0.25, -0.2) is 9.62 Å². The van der Waals surface area contributed by atoms with Crippen LogP contribution in [0.5, 0.6) is 0 Å². The van der Waals surface area contributed by atoms with E-state index in [0.717, 1.165) is 25.7 Å². The Bertz CT molecular complexity index is 737. The minimum absolute atomic E-state index is 0.00523. The normalized spacial score (nSPS) is 15.8. The Kier molecular flexibility index (Phi) is 4.57. The van der Waals surface area contributed by atoms with E-state index in [-0.39, 0.29) is 29.2 Å². The molecule has 7 nitrogen and oxygen atoms in total. The molecule has 1 fully saturated rings. The number of amides is 1. The Labute approximate surface area is 137 Å². The van der Waals surface area contributed by atoms with Gasteiger partial charge in [-0.3, -0.25) is 4.79 Å². The zero-order chi connectivity index (χ0) is 16.2. The molecule has 1 heterocycles. The number of hydrogen-bond acceptors (Lipinski definition) is 5. The molecule has 0 saturated heterocycles. The molecule has 1 saturated carbocycles. The molecule has 2 aromatic rings. The quantitative estimate of drug-likeness (QED) is 0.661. The standard InChI is InChI=1S/C15H16ClN5O2/c16-10-6-3-7-11(8-10)18-13(17)12-14(21-23-20-12)19-15(22)9-4-1-2-5-9/h3,6-9H,1-2,4-5H2,(H2,17,18)(H,19,21,22). The molecule has 0 spiro atoms. The van der Waals surface area contributed by atoms with Crippen LogP contribution >= 0.6 is 11.6 Å². The molecule has 3 rings (SSSR count). The van der Waals surface area contributed by atoms with Crippen LogP contribution in [-0.4, -0.2) is 22.1 Å². The van der Waals surface area contributed by atoms with Crippen molar-refractivity contribution in [3.63, 3.8) is 0 Å². The van der Waals surface area contributed by atoms with Crippen LogP contribution in [-0.2, 0) is 4.79 Å². The largest absolute Gasteiger partial charge is 0.382 e. The van der Waals surface area contributed by atoms with Crippen LogP contribution in [0.4, 0.5) is 11.5 Å². The molecule has 0 radical (unpaired) electrons. The summed E-state index contributed by atoms with van der Waals surface area (Å²) in [5, 5.41) is 10.7. The molecule has 1 aliphatic carbocycles. The first-order valence-electron chi connectivity index (χ1n) is 7.37. The fourth-order valence-corrected chi connectivity index (χ4v) is 2.77. The molecule has 23 heavy (non-hydrogen) atoms. The van der Waals surface area contributed by atoms with Gasteiger partial charge in [-0.15, -0.1) is 0 Å². The van der Waals surface area contributed by atoms with Crippen molar-refractivity contribution in [1.82, 2.24) is 10.3 Å². The number of rotatable bonds is 4. The van der Waals surface area contributed by atoms with Gasteiger partial charge in [0, 0.05) is 10.9 Å². The smallest absolute Gasteiger partial charge is 0.228 e. The molecule has 1 aromatic heterocycles. The highest BCUT2D eigenvalue weighted by Gasteiger charge is 2.25. The lowest BCUT2D eigenvalue weighted by atomic mass is 10.1. The molecular weight excluding hydrogens is 318 g/mol. The molecule has 1 aliphatic rings. The van der Waals surface area contributed by atoms with Crippen molar-refractivity contribution in [2.75, 3.05) is 5.32 Å². The first-order chi connectivity index (χ1) is 11.1. The van der Waals surface area contributed by atoms with Gasteiger partial charge in [0.2, 0.25) is 11.7 Å². The number of hydrogen-bond donors (Lipinski definition) is 2. The fraction of sp³-hybridized carbons (Fsp3) is 0.333. The van der Waals surface area contributed by atoms with E-state index < -0.39 is 0 Å². The second kappa shape index (κ2) is 6.78. The van der Waals surface area contributed by atoms with Crippen molar-refractivity contribution < 1.29 is 9.42 Å². The van der Waals surface area contributed by atoms with Crippen molar-refractivity contribution in [3.8, 4) is 0 Å². The van der Waals surface area contributed by atoms with E-state index in [1.807, 2.05) is 0 Å². The lowest BCUT2D eigenvalue weighted by Gasteiger charge is -2.08. The van der Waals surface area contributed by atoms with E-state index in [9.17, 15) is 4.79 Å². The Balaban J connectivity index is 1.78. The minimum Gasteiger partial charge on any atom is -0.382 e. The van der Waals surface area contributed by atoms with Crippen LogP contribution in [0.15, 0.2) is 33.9 Å². The molecule has 0 bridgehead atoms. The van der Waals surface area contributed by atoms with Crippen LogP contribution in [0, 0.1) is 5.92 Å². The van der Waals surface area contributed by atoms with Crippen LogP contribution < -0.4 is 11.1 Å². The van der Waals surface area contributed by atoms with Crippen molar-refractivity contribution in [2.24, 2.45) is 16.6 Å². The lowest BCUT2D eigenvalue weighted by Crippen LogP contribution is -2.23. The van der Waals surface area contributed by atoms with E-state index in [4.69, 9.17) is 22.0 Å². The predicted molar refractivity (Wildman–Crippen MR) is 86.7 cm³/mol. The summed E-state index contributed by atoms with van der Waals surface area (Å²) >= 11 is 5.91. The average Bonchev–Trinajstić information content (AvgIpc) is 3.18. The van der Waals surface area contributed by atoms with Crippen molar-refractivity contribution in [1.29, 1.82) is 0 Å². The van der Waals surface area contributed by atoms with Gasteiger partial charge < -0.3 is 11.1 Å². The van der Waals surface area contributed by atoms with Crippen molar-refractivity contribution >= 4 is 34.8 Å². The van der Waals surface area contributed by atoms with Crippen molar-refractivity contribution in [3.05, 3.63) is 35.0 Å². The second-order valence-corrected chi connectivity index (χ2v) is 5.85. The van der Waals surface area contributed by atoms with Gasteiger partial charge in [0.05, 0.1) is 5.69 Å². The van der Waals surface area contributed by atoms with E-state index in [1.165, 1.54) is 0 Å². The molecule has 120 valence electrons. The molecule has 1 aromatic carbocycles. The van der Waals surface area contributed by atoms with Crippen LogP contribution in [0.1, 0.15) is 31.4 Å². The summed E-state index contributed by atoms with van der Waals surface area (Å²) < 4.78 is 4.69. The number of nitrogens with two attached hydrogens (primary N) is 1. The third-order valence-corrected chi connectivity index (χ3v) is 3.99. The Morgan fingerprint density at radius 1 is 1.35 bits per heavy atom. The molecule has 0 aliphatic heterocycles. The SMILES string of the molecule is NC(=Nc1cccc(Cl)c1)c1nonc1NC(=O)C1CCCC1. The van der Waals surface area contributed by atoms with E-state index in [2.05, 4.69) is 20.6 Å². The molecule has 3 N–H and O–H groups in total. The number of amidine groups is 1. The fourth-order valence-electron chi connectivity index (χ4n) is 2.58. The highest BCUT2D eigenvalue weighted by Crippen LogP contribution is 2.26. The summed E-state index contributed by atoms with van der Waals surface area (Å²) in [6.45, 7) is 0. The monoisotopic (exact) mass is 333 g/mol. The van der Waals surface area contributed by atoms with Gasteiger partial charge in [0.1, 0.15) is 0 Å². The number of nitrogens with one attached hydrogen (secondary N) is 1. The second-order valence-electron chi connectivity index (χ2n) is 5.41. The van der Waals surface area contributed by atoms with Crippen LogP contribution in [0.3, 0.4) is 0 Å². The zero-order valence-corrected chi connectivity index (χ0v) is 13.1. The first kappa shape index (κ1) is 15.5. The third-order valence-electron chi connectivity index (χ3n) is 3.76. The topological polar surface area (TPSA) is 106 Å². The summed E-state index contributed by atoms with van der Waals surface area (Å²) in [5.74, 6) is 0.195. The average molecular weight is 334 g/mol. The number of benzene rings is 1. The van der Waals surface area contributed by atoms with Gasteiger partial charge >= 0.3 is 0 Å². The number of halogens is 1. The van der Waals surface area contributed by atoms with Crippen molar-refractivity contribution in [2.45, 2.75) is 25.7 Å². The highest BCUT2D eigenvalue weighted by molar-refractivity contribution is 6.30. The maximum absolute atomic E-state index is 12.2. The first-order valence-corrected chi connectivity index (χ1v) is 7.75. The molecule has 8 heteroatoms. The Morgan fingerprint density at radius 3 is 2.87 bits per heavy atom. The third kappa shape index (κ3) is 3.68. The molecule has 0 atom stereocenters. The van der Waals surface area contributed by atoms with Gasteiger partial charge in [0.15, 0.2) is 11.5 Å². The summed E-state index contributed by atoms with van der Waals surface area (Å²) in [7, 11) is 0. The Hall–Kier alpha value is -2.41. The summed E-state index contributed by atoms with van der Waals surface area (Å²) in [4.78, 5) is 16.4. The number of carbonyl (C=O) groups excluding carboxylic acids is 1. The van der Waals surface area contributed by atoms with Gasteiger partial charge in [-0.2, -0.15) is 0 Å². The van der Waals surface area contributed by atoms with Crippen LogP contribution in [0.25, 0.3) is 0 Å². The molecule has 1 amide bonds. The number of nitrogens with zero attached hydrogens (tertiary/aromatic N) is 3. The lowest BCUT2D eigenvalue weighted by molar-refractivity contribution is -0.119. The number of aromatic nitrogens is 2. The summed E-state index contributed by atoms with van der Waals surface area (Å²) in [5.41, 5.74) is 6.72.